The second-order valence-electron chi connectivity index (χ2n) is 8.16. The Morgan fingerprint density at radius 1 is 1.03 bits per heavy atom. The molecule has 178 valence electrons. The number of aryl methyl sites for hydroxylation is 2. The summed E-state index contributed by atoms with van der Waals surface area (Å²) >= 11 is 0. The third-order valence-electron chi connectivity index (χ3n) is 4.59. The molecule has 0 amide bonds. The molecule has 1 unspecified atom stereocenters. The highest BCUT2D eigenvalue weighted by atomic mass is 31.2. The van der Waals surface area contributed by atoms with Gasteiger partial charge in [0.15, 0.2) is 11.5 Å². The lowest BCUT2D eigenvalue weighted by molar-refractivity contribution is 0.142. The highest BCUT2D eigenvalue weighted by Gasteiger charge is 2.33. The van der Waals surface area contributed by atoms with Gasteiger partial charge in [0.05, 0.1) is 50.0 Å². The number of aromatic nitrogens is 1. The van der Waals surface area contributed by atoms with Crippen LogP contribution in [0.25, 0.3) is 0 Å². The number of ether oxygens (including phenoxy) is 2. The second-order valence-corrected chi connectivity index (χ2v) is 10.2. The number of phenolic OH excluding ortho intramolecular Hbond substituents is 1. The average molecular weight is 467 g/mol. The number of methoxy groups -OCH3 is 2. The molecule has 0 aliphatic carbocycles. The van der Waals surface area contributed by atoms with Gasteiger partial charge in [0.2, 0.25) is 5.75 Å². The first-order chi connectivity index (χ1) is 15.0. The highest BCUT2D eigenvalue weighted by molar-refractivity contribution is 7.53. The van der Waals surface area contributed by atoms with Crippen LogP contribution in [0.2, 0.25) is 0 Å². The molecular formula is C23H35N2O6P. The van der Waals surface area contributed by atoms with Gasteiger partial charge in [-0.05, 0) is 71.4 Å². The first kappa shape index (κ1) is 26.0. The molecule has 9 heteroatoms. The Labute approximate surface area is 190 Å². The summed E-state index contributed by atoms with van der Waals surface area (Å²) in [6, 6.07) is 6.58. The van der Waals surface area contributed by atoms with Crippen molar-refractivity contribution in [3.05, 3.63) is 41.2 Å². The second kappa shape index (κ2) is 11.0. The molecule has 0 spiro atoms. The van der Waals surface area contributed by atoms with Crippen LogP contribution in [0, 0.1) is 13.8 Å². The minimum atomic E-state index is -3.51. The average Bonchev–Trinajstić information content (AvgIpc) is 2.67. The molecule has 2 rings (SSSR count). The van der Waals surface area contributed by atoms with Gasteiger partial charge in [-0.15, -0.1) is 0 Å². The maximum atomic E-state index is 13.7. The zero-order chi connectivity index (χ0) is 24.1. The first-order valence-corrected chi connectivity index (χ1v) is 12.3. The van der Waals surface area contributed by atoms with Gasteiger partial charge in [0.25, 0.3) is 0 Å². The van der Waals surface area contributed by atoms with Crippen LogP contribution in [0.1, 0.15) is 50.7 Å². The molecule has 2 N–H and O–H groups in total. The number of nitrogens with zero attached hydrogens (tertiary/aromatic N) is 1. The van der Waals surface area contributed by atoms with E-state index in [9.17, 15) is 9.67 Å². The summed E-state index contributed by atoms with van der Waals surface area (Å²) in [6.45, 7) is 11.1. The van der Waals surface area contributed by atoms with Crippen LogP contribution in [0.5, 0.6) is 17.2 Å². The fourth-order valence-corrected chi connectivity index (χ4v) is 5.66. The molecule has 1 aromatic carbocycles. The molecule has 0 fully saturated rings. The Hall–Kier alpha value is -2.28. The van der Waals surface area contributed by atoms with E-state index in [0.29, 0.717) is 11.3 Å². The van der Waals surface area contributed by atoms with E-state index in [-0.39, 0.29) is 29.9 Å². The first-order valence-electron chi connectivity index (χ1n) is 10.6. The molecule has 0 saturated heterocycles. The SMILES string of the molecule is COc1cc(C(CP(=O)(OC(C)C)OC(C)C)Nc2ccc(C)nc2C)cc(O)c1OC. The Balaban J connectivity index is 2.56. The maximum absolute atomic E-state index is 13.7. The van der Waals surface area contributed by atoms with Crippen LogP contribution < -0.4 is 14.8 Å². The third kappa shape index (κ3) is 6.86. The van der Waals surface area contributed by atoms with E-state index in [1.54, 1.807) is 12.1 Å². The van der Waals surface area contributed by atoms with Crippen molar-refractivity contribution in [3.63, 3.8) is 0 Å². The largest absolute Gasteiger partial charge is 0.504 e. The van der Waals surface area contributed by atoms with E-state index in [0.717, 1.165) is 17.1 Å². The standard InChI is InChI=1S/C23H35N2O6P/c1-14(2)30-32(27,31-15(3)4)13-20(25-19-10-9-16(5)24-17(19)6)18-11-21(26)23(29-8)22(12-18)28-7/h9-12,14-15,20,25-26H,13H2,1-8H3. The van der Waals surface area contributed by atoms with Gasteiger partial charge < -0.3 is 28.9 Å². The topological polar surface area (TPSA) is 99.1 Å². The predicted molar refractivity (Wildman–Crippen MR) is 126 cm³/mol. The molecule has 32 heavy (non-hydrogen) atoms. The quantitative estimate of drug-likeness (QED) is 0.412. The van der Waals surface area contributed by atoms with Crippen LogP contribution >= 0.6 is 7.60 Å². The Kier molecular flexibility index (Phi) is 8.96. The van der Waals surface area contributed by atoms with Crippen LogP contribution in [0.3, 0.4) is 0 Å². The zero-order valence-corrected chi connectivity index (χ0v) is 21.0. The van der Waals surface area contributed by atoms with Gasteiger partial charge in [0.1, 0.15) is 0 Å². The summed E-state index contributed by atoms with van der Waals surface area (Å²) in [5, 5.41) is 13.9. The normalized spacial score (nSPS) is 12.8. The van der Waals surface area contributed by atoms with Crippen LogP contribution in [-0.2, 0) is 13.6 Å². The minimum absolute atomic E-state index is 0.0333. The summed E-state index contributed by atoms with van der Waals surface area (Å²) in [5.74, 6) is 0.498. The van der Waals surface area contributed by atoms with Crippen molar-refractivity contribution < 1.29 is 28.2 Å². The Bertz CT molecular complexity index is 950. The lowest BCUT2D eigenvalue weighted by Gasteiger charge is -2.29. The van der Waals surface area contributed by atoms with Gasteiger partial charge in [0, 0.05) is 5.69 Å². The molecule has 0 bridgehead atoms. The fraction of sp³-hybridized carbons (Fsp3) is 0.522. The predicted octanol–water partition coefficient (Wildman–Crippen LogP) is 5.62. The number of hydrogen-bond acceptors (Lipinski definition) is 8. The van der Waals surface area contributed by atoms with E-state index in [1.807, 2.05) is 53.7 Å². The highest BCUT2D eigenvalue weighted by Crippen LogP contribution is 2.54. The maximum Gasteiger partial charge on any atom is 0.333 e. The van der Waals surface area contributed by atoms with E-state index in [1.165, 1.54) is 14.2 Å². The van der Waals surface area contributed by atoms with Gasteiger partial charge in [-0.2, -0.15) is 0 Å². The number of nitrogens with one attached hydrogen (secondary N) is 1. The molecular weight excluding hydrogens is 431 g/mol. The third-order valence-corrected chi connectivity index (χ3v) is 6.89. The molecule has 0 aliphatic rings. The molecule has 1 aromatic heterocycles. The summed E-state index contributed by atoms with van der Waals surface area (Å²) < 4.78 is 35.9. The number of hydrogen-bond donors (Lipinski definition) is 2. The summed E-state index contributed by atoms with van der Waals surface area (Å²) in [5.41, 5.74) is 3.10. The monoisotopic (exact) mass is 466 g/mol. The molecule has 1 atom stereocenters. The summed E-state index contributed by atoms with van der Waals surface area (Å²) in [4.78, 5) is 4.50. The van der Waals surface area contributed by atoms with Crippen molar-refractivity contribution in [3.8, 4) is 17.2 Å². The molecule has 0 aliphatic heterocycles. The van der Waals surface area contributed by atoms with E-state index >= 15 is 0 Å². The lowest BCUT2D eigenvalue weighted by atomic mass is 10.1. The summed E-state index contributed by atoms with van der Waals surface area (Å²) in [6.07, 6.45) is -0.547. The molecule has 0 saturated carbocycles. The van der Waals surface area contributed by atoms with Gasteiger partial charge in [-0.1, -0.05) is 0 Å². The molecule has 2 aromatic rings. The number of anilines is 1. The van der Waals surface area contributed by atoms with E-state index < -0.39 is 13.6 Å². The fourth-order valence-electron chi connectivity index (χ4n) is 3.40. The van der Waals surface area contributed by atoms with Crippen molar-refractivity contribution in [2.75, 3.05) is 25.7 Å². The van der Waals surface area contributed by atoms with Crippen LogP contribution in [-0.4, -0.2) is 42.7 Å². The number of benzene rings is 1. The lowest BCUT2D eigenvalue weighted by Crippen LogP contribution is -2.20. The number of phenols is 1. The smallest absolute Gasteiger partial charge is 0.333 e. The Morgan fingerprint density at radius 3 is 2.16 bits per heavy atom. The van der Waals surface area contributed by atoms with Gasteiger partial charge >= 0.3 is 7.60 Å². The van der Waals surface area contributed by atoms with Crippen molar-refractivity contribution in [2.24, 2.45) is 0 Å². The molecule has 1 heterocycles. The van der Waals surface area contributed by atoms with E-state index in [2.05, 4.69) is 10.3 Å². The molecule has 0 radical (unpaired) electrons. The number of pyridine rings is 1. The van der Waals surface area contributed by atoms with Crippen LogP contribution in [0.4, 0.5) is 5.69 Å². The van der Waals surface area contributed by atoms with Gasteiger partial charge in [-0.3, -0.25) is 9.55 Å². The zero-order valence-electron chi connectivity index (χ0n) is 20.1. The van der Waals surface area contributed by atoms with Crippen molar-refractivity contribution in [1.82, 2.24) is 4.98 Å². The van der Waals surface area contributed by atoms with Gasteiger partial charge in [-0.25, -0.2) is 0 Å². The van der Waals surface area contributed by atoms with E-state index in [4.69, 9.17) is 18.5 Å². The van der Waals surface area contributed by atoms with Crippen molar-refractivity contribution >= 4 is 13.3 Å². The van der Waals surface area contributed by atoms with Crippen LogP contribution in [0.15, 0.2) is 24.3 Å². The van der Waals surface area contributed by atoms with Crippen molar-refractivity contribution in [1.29, 1.82) is 0 Å². The number of rotatable bonds is 11. The summed E-state index contributed by atoms with van der Waals surface area (Å²) in [7, 11) is -0.563. The minimum Gasteiger partial charge on any atom is -0.504 e. The Morgan fingerprint density at radius 2 is 1.66 bits per heavy atom. The molecule has 8 nitrogen and oxygen atoms in total. The number of aromatic hydroxyl groups is 1. The van der Waals surface area contributed by atoms with Crippen molar-refractivity contribution in [2.45, 2.75) is 59.8 Å².